The maximum absolute atomic E-state index is 6.89. The Morgan fingerprint density at radius 3 is 1.54 bits per heavy atom. The van der Waals surface area contributed by atoms with Gasteiger partial charge in [-0.25, -0.2) is 4.99 Å². The number of nitrogens with zero attached hydrogens (tertiary/aromatic N) is 1. The van der Waals surface area contributed by atoms with E-state index in [0.717, 1.165) is 77.8 Å². The summed E-state index contributed by atoms with van der Waals surface area (Å²) < 4.78 is 0. The number of hydrogen-bond acceptors (Lipinski definition) is 3. The van der Waals surface area contributed by atoms with Crippen molar-refractivity contribution in [2.45, 2.75) is 6.92 Å². The molecule has 1 aromatic heterocycles. The van der Waals surface area contributed by atoms with Gasteiger partial charge in [-0.3, -0.25) is 0 Å². The van der Waals surface area contributed by atoms with Crippen LogP contribution in [0.1, 0.15) is 29.2 Å². The van der Waals surface area contributed by atoms with Crippen LogP contribution in [0.25, 0.3) is 22.3 Å². The van der Waals surface area contributed by atoms with Gasteiger partial charge in [0, 0.05) is 44.4 Å². The van der Waals surface area contributed by atoms with E-state index < -0.39 is 0 Å². The minimum absolute atomic E-state index is 0.534. The molecule has 7 rings (SSSR count). The first-order valence-corrected chi connectivity index (χ1v) is 16.7. The first kappa shape index (κ1) is 31.9. The van der Waals surface area contributed by atoms with Crippen molar-refractivity contribution in [3.63, 3.8) is 0 Å². The summed E-state index contributed by atoms with van der Waals surface area (Å²) >= 11 is 0. The molecule has 4 nitrogen and oxygen atoms in total. The zero-order chi connectivity index (χ0) is 34.5. The molecule has 2 aliphatic rings. The minimum atomic E-state index is 0.534. The minimum Gasteiger partial charge on any atom is -0.398 e. The number of benzene rings is 4. The number of H-pyrrole nitrogens is 1. The van der Waals surface area contributed by atoms with Crippen molar-refractivity contribution in [2.24, 2.45) is 16.5 Å². The summed E-state index contributed by atoms with van der Waals surface area (Å²) in [5.41, 5.74) is 26.3. The van der Waals surface area contributed by atoms with Crippen LogP contribution in [0, 0.1) is 0 Å². The predicted molar refractivity (Wildman–Crippen MR) is 210 cm³/mol. The zero-order valence-electron chi connectivity index (χ0n) is 28.0. The smallest absolute Gasteiger partial charge is 0.0737 e. The standard InChI is InChI=1S/C46H38N4/c1-31-23-25-37(47)45(35-19-11-5-12-20-35)38(48)26-24-32(2)44(34-17-9-4-10-18-34)40-28-30-42(50-40)46(36-21-13-6-14-22-36)41-29-27-39(49-41)43(31)33-15-7-3-8-16-33/h3-30,49H,1,47-48H2,2H3/b25-23-,32-24+,38-26-,43-39?,44-40+,45-37+,46-41?. The molecule has 4 bridgehead atoms. The third-order valence-corrected chi connectivity index (χ3v) is 8.90. The number of nitrogens with one attached hydrogen (secondary N) is 1. The first-order valence-electron chi connectivity index (χ1n) is 16.7. The van der Waals surface area contributed by atoms with E-state index in [1.165, 1.54) is 0 Å². The Morgan fingerprint density at radius 1 is 0.500 bits per heavy atom. The van der Waals surface area contributed by atoms with Crippen molar-refractivity contribution in [1.82, 2.24) is 4.98 Å². The summed E-state index contributed by atoms with van der Waals surface area (Å²) in [7, 11) is 0. The van der Waals surface area contributed by atoms with E-state index >= 15 is 0 Å². The molecule has 0 saturated carbocycles. The summed E-state index contributed by atoms with van der Waals surface area (Å²) in [5.74, 6) is 0. The van der Waals surface area contributed by atoms with E-state index in [9.17, 15) is 0 Å². The summed E-state index contributed by atoms with van der Waals surface area (Å²) in [6.07, 6.45) is 12.1. The lowest BCUT2D eigenvalue weighted by atomic mass is 9.95. The van der Waals surface area contributed by atoms with Crippen molar-refractivity contribution in [3.05, 3.63) is 238 Å². The average molecular weight is 647 g/mol. The molecule has 50 heavy (non-hydrogen) atoms. The molecule has 0 spiro atoms. The van der Waals surface area contributed by atoms with E-state index in [-0.39, 0.29) is 0 Å². The highest BCUT2D eigenvalue weighted by atomic mass is 14.8. The van der Waals surface area contributed by atoms with Gasteiger partial charge in [0.25, 0.3) is 0 Å². The quantitative estimate of drug-likeness (QED) is 0.184. The topological polar surface area (TPSA) is 80.2 Å². The van der Waals surface area contributed by atoms with Gasteiger partial charge >= 0.3 is 0 Å². The SMILES string of the molecule is C=C1\C=C/C(N)=C(c2ccccc2)\C(N)=C\C=C(C)\C(c2ccccc2)=C2\C=CC(=N2)C(c2ccccc2)=c2ccc([nH]2)=C1c1ccccc1. The Balaban J connectivity index is 1.57. The van der Waals surface area contributed by atoms with Crippen molar-refractivity contribution in [1.29, 1.82) is 0 Å². The highest BCUT2D eigenvalue weighted by Crippen LogP contribution is 2.33. The number of hydrogen-bond donors (Lipinski definition) is 3. The largest absolute Gasteiger partial charge is 0.398 e. The van der Waals surface area contributed by atoms with Gasteiger partial charge in [-0.15, -0.1) is 0 Å². The molecular weight excluding hydrogens is 609 g/mol. The Morgan fingerprint density at radius 2 is 0.980 bits per heavy atom. The first-order chi connectivity index (χ1) is 24.5. The fourth-order valence-electron chi connectivity index (χ4n) is 6.52. The Labute approximate surface area is 293 Å². The number of allylic oxidation sites excluding steroid dienone is 10. The van der Waals surface area contributed by atoms with E-state index in [0.29, 0.717) is 11.4 Å². The molecule has 4 heteroatoms. The second-order valence-corrected chi connectivity index (χ2v) is 12.3. The number of aromatic nitrogens is 1. The predicted octanol–water partition coefficient (Wildman–Crippen LogP) is 8.12. The van der Waals surface area contributed by atoms with Crippen molar-refractivity contribution in [2.75, 3.05) is 0 Å². The van der Waals surface area contributed by atoms with Crippen LogP contribution in [0.15, 0.2) is 210 Å². The fourth-order valence-corrected chi connectivity index (χ4v) is 6.52. The van der Waals surface area contributed by atoms with Crippen LogP contribution in [-0.2, 0) is 0 Å². The molecular formula is C46H38N4. The molecule has 0 atom stereocenters. The van der Waals surface area contributed by atoms with Crippen LogP contribution >= 0.6 is 0 Å². The number of fused-ring (bicyclic) bond motifs is 3. The number of rotatable bonds is 4. The number of aliphatic imine (C=N–C) groups is 1. The molecule has 0 unspecified atom stereocenters. The lowest BCUT2D eigenvalue weighted by Crippen LogP contribution is -2.19. The van der Waals surface area contributed by atoms with Crippen LogP contribution in [0.4, 0.5) is 0 Å². The third-order valence-electron chi connectivity index (χ3n) is 8.90. The van der Waals surface area contributed by atoms with E-state index in [1.54, 1.807) is 0 Å². The van der Waals surface area contributed by atoms with Gasteiger partial charge in [-0.2, -0.15) is 0 Å². The molecule has 0 aliphatic carbocycles. The summed E-state index contributed by atoms with van der Waals surface area (Å²) in [6.45, 7) is 6.62. The van der Waals surface area contributed by atoms with Crippen LogP contribution in [0.3, 0.4) is 0 Å². The fraction of sp³-hybridized carbons (Fsp3) is 0.0217. The van der Waals surface area contributed by atoms with Gasteiger partial charge in [0.1, 0.15) is 0 Å². The monoisotopic (exact) mass is 646 g/mol. The van der Waals surface area contributed by atoms with Gasteiger partial charge in [0.2, 0.25) is 0 Å². The van der Waals surface area contributed by atoms with Gasteiger partial charge in [0.05, 0.1) is 11.4 Å². The lowest BCUT2D eigenvalue weighted by molar-refractivity contribution is 1.24. The average Bonchev–Trinajstić information content (AvgIpc) is 3.83. The van der Waals surface area contributed by atoms with Crippen LogP contribution in [-0.4, -0.2) is 10.7 Å². The molecule has 4 aromatic carbocycles. The summed E-state index contributed by atoms with van der Waals surface area (Å²) in [4.78, 5) is 9.05. The zero-order valence-corrected chi connectivity index (χ0v) is 28.0. The molecule has 242 valence electrons. The third kappa shape index (κ3) is 6.55. The maximum Gasteiger partial charge on any atom is 0.0737 e. The Hall–Kier alpha value is -6.65. The second kappa shape index (κ2) is 14.2. The van der Waals surface area contributed by atoms with Gasteiger partial charge in [0.15, 0.2) is 0 Å². The number of nitrogens with two attached hydrogens (primary N) is 2. The summed E-state index contributed by atoms with van der Waals surface area (Å²) in [5, 5.41) is 1.89. The van der Waals surface area contributed by atoms with Crippen LogP contribution in [0.5, 0.6) is 0 Å². The Kier molecular flexibility index (Phi) is 9.08. The normalized spacial score (nSPS) is 21.1. The molecule has 0 amide bonds. The van der Waals surface area contributed by atoms with E-state index in [1.807, 2.05) is 85.0 Å². The van der Waals surface area contributed by atoms with Crippen LogP contribution in [0.2, 0.25) is 0 Å². The maximum atomic E-state index is 6.89. The van der Waals surface area contributed by atoms with E-state index in [4.69, 9.17) is 16.5 Å². The molecule has 0 fully saturated rings. The molecule has 3 heterocycles. The van der Waals surface area contributed by atoms with Crippen molar-refractivity contribution in [3.8, 4) is 0 Å². The molecule has 0 radical (unpaired) electrons. The van der Waals surface area contributed by atoms with Crippen molar-refractivity contribution < 1.29 is 0 Å². The highest BCUT2D eigenvalue weighted by Gasteiger charge is 2.19. The highest BCUT2D eigenvalue weighted by molar-refractivity contribution is 6.30. The Bertz CT molecular complexity index is 2410. The lowest BCUT2D eigenvalue weighted by Gasteiger charge is -2.13. The molecule has 2 aliphatic heterocycles. The summed E-state index contributed by atoms with van der Waals surface area (Å²) in [6, 6.07) is 45.3. The van der Waals surface area contributed by atoms with Gasteiger partial charge in [-0.1, -0.05) is 140 Å². The number of aromatic amines is 1. The van der Waals surface area contributed by atoms with Crippen LogP contribution < -0.4 is 22.2 Å². The molecule has 0 saturated heterocycles. The molecule has 5 N–H and O–H groups in total. The van der Waals surface area contributed by atoms with E-state index in [2.05, 4.69) is 103 Å². The van der Waals surface area contributed by atoms with Gasteiger partial charge in [-0.05, 0) is 76.8 Å². The second-order valence-electron chi connectivity index (χ2n) is 12.3. The molecule has 5 aromatic rings. The van der Waals surface area contributed by atoms with Gasteiger partial charge < -0.3 is 16.5 Å². The van der Waals surface area contributed by atoms with Crippen molar-refractivity contribution >= 4 is 28.0 Å².